The molecule has 2 aliphatic heterocycles. The van der Waals surface area contributed by atoms with Gasteiger partial charge in [-0.1, -0.05) is 41.9 Å². The van der Waals surface area contributed by atoms with Crippen LogP contribution in [0.25, 0.3) is 11.1 Å². The maximum atomic E-state index is 13.7. The van der Waals surface area contributed by atoms with Crippen molar-refractivity contribution >= 4 is 34.9 Å². The zero-order valence-electron chi connectivity index (χ0n) is 31.8. The third kappa shape index (κ3) is 7.24. The van der Waals surface area contributed by atoms with Crippen LogP contribution in [0, 0.1) is 12.3 Å². The van der Waals surface area contributed by atoms with Crippen molar-refractivity contribution < 1.29 is 24.6 Å². The summed E-state index contributed by atoms with van der Waals surface area (Å²) in [5.41, 5.74) is 7.09. The van der Waals surface area contributed by atoms with Gasteiger partial charge in [-0.2, -0.15) is 0 Å². The number of carbonyl (C=O) groups excluding carboxylic acids is 2. The number of rotatable bonds is 10. The molecular formula is C41H50ClN7O5. The van der Waals surface area contributed by atoms with Crippen LogP contribution in [0.1, 0.15) is 94.7 Å². The van der Waals surface area contributed by atoms with Crippen LogP contribution in [0.15, 0.2) is 36.4 Å². The number of aliphatic hydroxyl groups excluding tert-OH is 1. The summed E-state index contributed by atoms with van der Waals surface area (Å²) in [4.78, 5) is 53.3. The third-order valence-corrected chi connectivity index (χ3v) is 12.4. The molecule has 0 spiro atoms. The average molecular weight is 756 g/mol. The molecule has 4 heterocycles. The number of carboxylic acid groups (broad SMARTS) is 1. The first-order valence-corrected chi connectivity index (χ1v) is 19.3. The fraction of sp³-hybridized carbons (Fsp3) is 0.488. The normalized spacial score (nSPS) is 21.0. The number of aliphatic hydroxyl groups is 1. The number of nitrogens with one attached hydrogen (secondary N) is 1. The van der Waals surface area contributed by atoms with Crippen molar-refractivity contribution in [2.24, 2.45) is 19.5 Å². The topological polar surface area (TPSA) is 146 Å². The van der Waals surface area contributed by atoms with E-state index in [1.807, 2.05) is 67.4 Å². The first-order chi connectivity index (χ1) is 25.7. The number of benzene rings is 2. The van der Waals surface area contributed by atoms with E-state index in [9.17, 15) is 24.6 Å². The number of aliphatic carboxylic acids is 1. The highest BCUT2D eigenvalue weighted by Gasteiger charge is 2.40. The molecule has 0 radical (unpaired) electrons. The van der Waals surface area contributed by atoms with Crippen molar-refractivity contribution in [3.05, 3.63) is 87.0 Å². The molecule has 7 rings (SSSR count). The minimum Gasteiger partial charge on any atom is -0.481 e. The van der Waals surface area contributed by atoms with E-state index < -0.39 is 17.5 Å². The average Bonchev–Trinajstić information content (AvgIpc) is 3.65. The summed E-state index contributed by atoms with van der Waals surface area (Å²) in [6.07, 6.45) is 4.28. The number of nitrogens with zero attached hydrogens (tertiary/aromatic N) is 6. The number of carboxylic acids is 1. The Morgan fingerprint density at radius 2 is 1.57 bits per heavy atom. The molecule has 1 fully saturated rings. The van der Waals surface area contributed by atoms with Gasteiger partial charge in [0.15, 0.2) is 11.6 Å². The summed E-state index contributed by atoms with van der Waals surface area (Å²) in [7, 11) is 3.77. The van der Waals surface area contributed by atoms with Crippen LogP contribution in [0.5, 0.6) is 0 Å². The number of hydrogen-bond acceptors (Lipinski definition) is 8. The molecule has 1 aliphatic carbocycles. The smallest absolute Gasteiger partial charge is 0.309 e. The minimum atomic E-state index is -0.717. The highest BCUT2D eigenvalue weighted by Crippen LogP contribution is 2.40. The molecule has 0 bridgehead atoms. The second-order valence-corrected chi connectivity index (χ2v) is 16.1. The Morgan fingerprint density at radius 1 is 0.944 bits per heavy atom. The van der Waals surface area contributed by atoms with E-state index >= 15 is 0 Å². The van der Waals surface area contributed by atoms with E-state index in [1.165, 1.54) is 0 Å². The zero-order valence-corrected chi connectivity index (χ0v) is 32.5. The summed E-state index contributed by atoms with van der Waals surface area (Å²) >= 11 is 7.02. The van der Waals surface area contributed by atoms with Crippen molar-refractivity contribution in [1.29, 1.82) is 0 Å². The number of halogens is 1. The van der Waals surface area contributed by atoms with Crippen LogP contribution in [-0.2, 0) is 51.2 Å². The molecule has 13 heteroatoms. The van der Waals surface area contributed by atoms with Crippen LogP contribution in [-0.4, -0.2) is 88.6 Å². The Morgan fingerprint density at radius 3 is 2.28 bits per heavy atom. The van der Waals surface area contributed by atoms with E-state index in [4.69, 9.17) is 21.6 Å². The van der Waals surface area contributed by atoms with Gasteiger partial charge in [0.2, 0.25) is 5.78 Å². The number of β-amino-alcohol motifs (C(OH)–C–C–N with tert-alkyl or cyclic N) is 1. The Balaban J connectivity index is 1.05. The maximum Gasteiger partial charge on any atom is 0.309 e. The van der Waals surface area contributed by atoms with Gasteiger partial charge in [0.1, 0.15) is 0 Å². The fourth-order valence-corrected chi connectivity index (χ4v) is 8.95. The first-order valence-electron chi connectivity index (χ1n) is 18.9. The van der Waals surface area contributed by atoms with Gasteiger partial charge in [0, 0.05) is 89.1 Å². The van der Waals surface area contributed by atoms with E-state index in [1.54, 1.807) is 13.0 Å². The van der Waals surface area contributed by atoms with E-state index in [0.29, 0.717) is 60.9 Å². The second kappa shape index (κ2) is 15.1. The number of carbonyl (C=O) groups is 3. The molecule has 2 aromatic carbocycles. The van der Waals surface area contributed by atoms with Gasteiger partial charge in [0.05, 0.1) is 33.6 Å². The van der Waals surface area contributed by atoms with Crippen molar-refractivity contribution in [3.63, 3.8) is 0 Å². The molecule has 1 amide bonds. The van der Waals surface area contributed by atoms with E-state index in [0.717, 1.165) is 83.8 Å². The Kier molecular flexibility index (Phi) is 10.6. The Hall–Kier alpha value is -4.36. The van der Waals surface area contributed by atoms with Gasteiger partial charge >= 0.3 is 5.97 Å². The summed E-state index contributed by atoms with van der Waals surface area (Å²) in [5, 5.41) is 22.9. The number of imidazole rings is 2. The SMILES string of the molecule is Cc1c(CC(=O)c2nc3c(n2C)CCN(C[C@@H](C)O)C3)cccc1-c1cccc(NC(=O)c2nc3c(n2C)CCN(C2CCC(C)(C(=O)O)CC2)C3)c1Cl. The van der Waals surface area contributed by atoms with E-state index in [-0.39, 0.29) is 18.1 Å². The van der Waals surface area contributed by atoms with Crippen molar-refractivity contribution in [2.45, 2.75) is 91.0 Å². The van der Waals surface area contributed by atoms with Crippen LogP contribution in [0.2, 0.25) is 5.02 Å². The van der Waals surface area contributed by atoms with E-state index in [2.05, 4.69) is 15.1 Å². The lowest BCUT2D eigenvalue weighted by Crippen LogP contribution is -2.44. The van der Waals surface area contributed by atoms with Gasteiger partial charge in [-0.25, -0.2) is 9.97 Å². The predicted molar refractivity (Wildman–Crippen MR) is 207 cm³/mol. The molecule has 0 unspecified atom stereocenters. The molecule has 0 saturated heterocycles. The van der Waals surface area contributed by atoms with Crippen molar-refractivity contribution in [1.82, 2.24) is 28.9 Å². The van der Waals surface area contributed by atoms with Gasteiger partial charge in [-0.15, -0.1) is 0 Å². The molecule has 3 N–H and O–H groups in total. The Labute approximate surface area is 321 Å². The van der Waals surface area contributed by atoms with Crippen molar-refractivity contribution in [3.8, 4) is 11.1 Å². The number of ketones is 1. The third-order valence-electron chi connectivity index (χ3n) is 12.0. The number of hydrogen-bond donors (Lipinski definition) is 3. The lowest BCUT2D eigenvalue weighted by atomic mass is 9.73. The van der Waals surface area contributed by atoms with Gasteiger partial charge < -0.3 is 24.7 Å². The van der Waals surface area contributed by atoms with Crippen LogP contribution >= 0.6 is 11.6 Å². The number of fused-ring (bicyclic) bond motifs is 2. The molecule has 2 aromatic heterocycles. The molecular weight excluding hydrogens is 706 g/mol. The molecule has 1 atom stereocenters. The summed E-state index contributed by atoms with van der Waals surface area (Å²) in [5.74, 6) is -0.385. The number of aromatic nitrogens is 4. The molecule has 286 valence electrons. The van der Waals surface area contributed by atoms with Crippen LogP contribution in [0.4, 0.5) is 5.69 Å². The van der Waals surface area contributed by atoms with Crippen molar-refractivity contribution in [2.75, 3.05) is 25.0 Å². The van der Waals surface area contributed by atoms with Gasteiger partial charge in [-0.3, -0.25) is 24.2 Å². The zero-order chi connectivity index (χ0) is 38.5. The maximum absolute atomic E-state index is 13.7. The molecule has 4 aromatic rings. The van der Waals surface area contributed by atoms with Gasteiger partial charge in [0.25, 0.3) is 5.91 Å². The van der Waals surface area contributed by atoms with Crippen LogP contribution < -0.4 is 5.32 Å². The quantitative estimate of drug-likeness (QED) is 0.176. The largest absolute Gasteiger partial charge is 0.481 e. The summed E-state index contributed by atoms with van der Waals surface area (Å²) in [6, 6.07) is 11.7. The first kappa shape index (κ1) is 37.9. The lowest BCUT2D eigenvalue weighted by Gasteiger charge is -2.41. The number of anilines is 1. The molecule has 3 aliphatic rings. The molecule has 12 nitrogen and oxygen atoms in total. The fourth-order valence-electron chi connectivity index (χ4n) is 8.68. The molecule has 54 heavy (non-hydrogen) atoms. The highest BCUT2D eigenvalue weighted by molar-refractivity contribution is 6.36. The number of amides is 1. The number of Topliss-reactive ketones (excluding diaryl/α,β-unsaturated/α-hetero) is 1. The highest BCUT2D eigenvalue weighted by atomic mass is 35.5. The predicted octanol–water partition coefficient (Wildman–Crippen LogP) is 5.59. The lowest BCUT2D eigenvalue weighted by molar-refractivity contribution is -0.150. The minimum absolute atomic E-state index is 0.0675. The summed E-state index contributed by atoms with van der Waals surface area (Å²) in [6.45, 7) is 9.07. The monoisotopic (exact) mass is 755 g/mol. The Bertz CT molecular complexity index is 2110. The standard InChI is InChI=1S/C41H50ClN7O5/c1-24(50)21-48-18-14-33-31(22-48)43-37(46(33)4)35(51)20-26-8-6-9-28(25(26)2)29-10-7-11-30(36(29)42)45-39(52)38-44-32-23-49(19-15-34(32)47(38)5)27-12-16-41(3,17-13-27)40(53)54/h6-11,24,27,50H,12-23H2,1-5H3,(H,45,52)(H,53,54)/t24-,27?,41?/m1/s1. The molecule has 1 saturated carbocycles. The second-order valence-electron chi connectivity index (χ2n) is 15.7. The van der Waals surface area contributed by atoms with Crippen LogP contribution in [0.3, 0.4) is 0 Å². The van der Waals surface area contributed by atoms with Gasteiger partial charge in [-0.05, 0) is 69.2 Å². The summed E-state index contributed by atoms with van der Waals surface area (Å²) < 4.78 is 3.79.